The third kappa shape index (κ3) is 3.03. The van der Waals surface area contributed by atoms with Gasteiger partial charge < -0.3 is 4.74 Å². The molecule has 0 heterocycles. The van der Waals surface area contributed by atoms with Crippen LogP contribution in [-0.4, -0.2) is 7.11 Å². The van der Waals surface area contributed by atoms with Crippen molar-refractivity contribution in [2.75, 3.05) is 7.11 Å². The van der Waals surface area contributed by atoms with Crippen LogP contribution < -0.4 is 16.0 Å². The summed E-state index contributed by atoms with van der Waals surface area (Å²) in [5, 5.41) is 1.60. The van der Waals surface area contributed by atoms with Gasteiger partial charge in [0.25, 0.3) is 0 Å². The zero-order valence-corrected chi connectivity index (χ0v) is 12.9. The van der Waals surface area contributed by atoms with Crippen LogP contribution in [0.4, 0.5) is 0 Å². The number of halogens is 3. The summed E-state index contributed by atoms with van der Waals surface area (Å²) in [6.45, 7) is 0. The summed E-state index contributed by atoms with van der Waals surface area (Å²) in [7, 11) is 1.55. The number of methoxy groups -OCH3 is 1. The quantitative estimate of drug-likeness (QED) is 0.652. The lowest BCUT2D eigenvalue weighted by Gasteiger charge is -2.20. The second kappa shape index (κ2) is 6.66. The Labute approximate surface area is 132 Å². The van der Waals surface area contributed by atoms with Crippen LogP contribution >= 0.6 is 34.8 Å². The second-order valence-electron chi connectivity index (χ2n) is 4.13. The summed E-state index contributed by atoms with van der Waals surface area (Å²) in [5.41, 5.74) is 4.28. The average molecular weight is 332 g/mol. The number of nitrogens with one attached hydrogen (secondary N) is 1. The van der Waals surface area contributed by atoms with E-state index < -0.39 is 0 Å². The minimum atomic E-state index is -0.359. The molecule has 2 rings (SSSR count). The summed E-state index contributed by atoms with van der Waals surface area (Å²) >= 11 is 18.5. The molecule has 0 fully saturated rings. The zero-order valence-electron chi connectivity index (χ0n) is 10.7. The molecule has 2 aromatic carbocycles. The largest absolute Gasteiger partial charge is 0.495 e. The molecule has 0 aliphatic carbocycles. The first kappa shape index (κ1) is 15.4. The summed E-state index contributed by atoms with van der Waals surface area (Å²) in [6, 6.07) is 10.3. The van der Waals surface area contributed by atoms with Crippen LogP contribution in [0.25, 0.3) is 0 Å². The Bertz CT molecular complexity index is 599. The molecule has 0 amide bonds. The van der Waals surface area contributed by atoms with Crippen molar-refractivity contribution < 1.29 is 4.74 Å². The van der Waals surface area contributed by atoms with Crippen molar-refractivity contribution in [2.45, 2.75) is 6.04 Å². The fraction of sp³-hybridized carbons (Fsp3) is 0.143. The predicted molar refractivity (Wildman–Crippen MR) is 83.6 cm³/mol. The highest BCUT2D eigenvalue weighted by atomic mass is 35.5. The molecule has 1 unspecified atom stereocenters. The Kier molecular flexibility index (Phi) is 5.13. The average Bonchev–Trinajstić information content (AvgIpc) is 2.44. The van der Waals surface area contributed by atoms with Crippen molar-refractivity contribution in [3.8, 4) is 5.75 Å². The highest BCUT2D eigenvalue weighted by Gasteiger charge is 2.19. The molecule has 0 radical (unpaired) electrons. The van der Waals surface area contributed by atoms with Crippen molar-refractivity contribution in [1.29, 1.82) is 0 Å². The van der Waals surface area contributed by atoms with Gasteiger partial charge in [-0.05, 0) is 29.8 Å². The van der Waals surface area contributed by atoms with Gasteiger partial charge in [-0.1, -0.05) is 46.9 Å². The molecule has 106 valence electrons. The van der Waals surface area contributed by atoms with E-state index in [1.165, 1.54) is 0 Å². The van der Waals surface area contributed by atoms with Gasteiger partial charge in [-0.3, -0.25) is 5.84 Å². The number of hydrogen-bond acceptors (Lipinski definition) is 3. The number of rotatable bonds is 4. The number of benzene rings is 2. The lowest BCUT2D eigenvalue weighted by molar-refractivity contribution is 0.414. The summed E-state index contributed by atoms with van der Waals surface area (Å²) in [6.07, 6.45) is 0. The molecule has 3 N–H and O–H groups in total. The van der Waals surface area contributed by atoms with Crippen molar-refractivity contribution in [1.82, 2.24) is 5.43 Å². The number of nitrogens with two attached hydrogens (primary N) is 1. The molecule has 6 heteroatoms. The molecule has 1 atom stereocenters. The van der Waals surface area contributed by atoms with Gasteiger partial charge in [0.1, 0.15) is 5.75 Å². The first-order chi connectivity index (χ1) is 9.58. The lowest BCUT2D eigenvalue weighted by atomic mass is 9.99. The molecule has 0 saturated heterocycles. The fourth-order valence-electron chi connectivity index (χ4n) is 1.99. The molecule has 0 bridgehead atoms. The Balaban J connectivity index is 2.53. The zero-order chi connectivity index (χ0) is 14.7. The molecule has 3 nitrogen and oxygen atoms in total. The van der Waals surface area contributed by atoms with Gasteiger partial charge in [-0.15, -0.1) is 0 Å². The van der Waals surface area contributed by atoms with Crippen LogP contribution in [0.3, 0.4) is 0 Å². The van der Waals surface area contributed by atoms with Crippen LogP contribution in [0.1, 0.15) is 17.2 Å². The van der Waals surface area contributed by atoms with E-state index in [1.54, 1.807) is 37.4 Å². The normalized spacial score (nSPS) is 12.2. The van der Waals surface area contributed by atoms with Crippen molar-refractivity contribution in [3.05, 3.63) is 62.6 Å². The highest BCUT2D eigenvalue weighted by Crippen LogP contribution is 2.36. The lowest BCUT2D eigenvalue weighted by Crippen LogP contribution is -2.29. The Morgan fingerprint density at radius 3 is 2.25 bits per heavy atom. The van der Waals surface area contributed by atoms with E-state index in [2.05, 4.69) is 5.43 Å². The number of hydrogen-bond donors (Lipinski definition) is 2. The van der Waals surface area contributed by atoms with Gasteiger partial charge in [0.15, 0.2) is 0 Å². The molecule has 20 heavy (non-hydrogen) atoms. The van der Waals surface area contributed by atoms with Gasteiger partial charge >= 0.3 is 0 Å². The minimum Gasteiger partial charge on any atom is -0.495 e. The van der Waals surface area contributed by atoms with E-state index in [-0.39, 0.29) is 6.04 Å². The van der Waals surface area contributed by atoms with Gasteiger partial charge in [-0.2, -0.15) is 0 Å². The molecule has 0 aliphatic heterocycles. The molecule has 0 saturated carbocycles. The van der Waals surface area contributed by atoms with Crippen LogP contribution in [0.2, 0.25) is 15.1 Å². The third-order valence-electron chi connectivity index (χ3n) is 2.96. The van der Waals surface area contributed by atoms with Crippen LogP contribution in [0, 0.1) is 0 Å². The van der Waals surface area contributed by atoms with Gasteiger partial charge in [-0.25, -0.2) is 5.43 Å². The number of ether oxygens (including phenoxy) is 1. The van der Waals surface area contributed by atoms with Crippen LogP contribution in [0.15, 0.2) is 36.4 Å². The van der Waals surface area contributed by atoms with Crippen LogP contribution in [0.5, 0.6) is 5.75 Å². The van der Waals surface area contributed by atoms with E-state index in [4.69, 9.17) is 45.4 Å². The van der Waals surface area contributed by atoms with Gasteiger partial charge in [0.2, 0.25) is 0 Å². The van der Waals surface area contributed by atoms with E-state index in [9.17, 15) is 0 Å². The fourth-order valence-corrected chi connectivity index (χ4v) is 2.80. The minimum absolute atomic E-state index is 0.359. The van der Waals surface area contributed by atoms with Crippen LogP contribution in [-0.2, 0) is 0 Å². The summed E-state index contributed by atoms with van der Waals surface area (Å²) in [4.78, 5) is 0. The maximum Gasteiger partial charge on any atom is 0.137 e. The Morgan fingerprint density at radius 1 is 1.05 bits per heavy atom. The Hall–Kier alpha value is -0.970. The first-order valence-electron chi connectivity index (χ1n) is 5.82. The monoisotopic (exact) mass is 330 g/mol. The topological polar surface area (TPSA) is 47.3 Å². The van der Waals surface area contributed by atoms with E-state index in [0.717, 1.165) is 5.56 Å². The van der Waals surface area contributed by atoms with Crippen molar-refractivity contribution in [2.24, 2.45) is 5.84 Å². The summed E-state index contributed by atoms with van der Waals surface area (Å²) in [5.74, 6) is 6.23. The number of hydrazine groups is 1. The first-order valence-corrected chi connectivity index (χ1v) is 6.95. The van der Waals surface area contributed by atoms with Gasteiger partial charge in [0, 0.05) is 15.6 Å². The maximum atomic E-state index is 6.22. The van der Waals surface area contributed by atoms with Crippen molar-refractivity contribution >= 4 is 34.8 Å². The molecule has 2 aromatic rings. The molecule has 0 spiro atoms. The molecular formula is C14H13Cl3N2O. The SMILES string of the molecule is COc1cc(C(NN)c2c(Cl)cccc2Cl)ccc1Cl. The van der Waals surface area contributed by atoms with Crippen molar-refractivity contribution in [3.63, 3.8) is 0 Å². The Morgan fingerprint density at radius 2 is 1.70 bits per heavy atom. The molecule has 0 aliphatic rings. The smallest absolute Gasteiger partial charge is 0.137 e. The van der Waals surface area contributed by atoms with E-state index in [0.29, 0.717) is 26.4 Å². The standard InChI is InChI=1S/C14H13Cl3N2O/c1-20-12-7-8(5-6-9(12)15)14(19-18)13-10(16)3-2-4-11(13)17/h2-7,14,19H,18H2,1H3. The summed E-state index contributed by atoms with van der Waals surface area (Å²) < 4.78 is 5.21. The highest BCUT2D eigenvalue weighted by molar-refractivity contribution is 6.36. The third-order valence-corrected chi connectivity index (χ3v) is 3.93. The maximum absolute atomic E-state index is 6.22. The second-order valence-corrected chi connectivity index (χ2v) is 5.35. The van der Waals surface area contributed by atoms with E-state index >= 15 is 0 Å². The molecular weight excluding hydrogens is 319 g/mol. The van der Waals surface area contributed by atoms with E-state index in [1.807, 2.05) is 6.07 Å². The van der Waals surface area contributed by atoms with Gasteiger partial charge in [0.05, 0.1) is 18.2 Å². The molecule has 0 aromatic heterocycles. The predicted octanol–water partition coefficient (Wildman–Crippen LogP) is 4.21.